The highest BCUT2D eigenvalue weighted by Gasteiger charge is 2.27. The SMILES string of the molecule is CC(C)CC(=O)C1=CC=CC1C(=O)CC(C)C. The number of rotatable bonds is 6. The van der Waals surface area contributed by atoms with Crippen LogP contribution < -0.4 is 0 Å². The molecule has 1 aliphatic rings. The van der Waals surface area contributed by atoms with Gasteiger partial charge in [-0.05, 0) is 11.8 Å². The van der Waals surface area contributed by atoms with Gasteiger partial charge in [0, 0.05) is 18.4 Å². The summed E-state index contributed by atoms with van der Waals surface area (Å²) in [5.74, 6) is 0.677. The van der Waals surface area contributed by atoms with Gasteiger partial charge in [-0.1, -0.05) is 45.9 Å². The minimum atomic E-state index is -0.288. The van der Waals surface area contributed by atoms with Gasteiger partial charge in [-0.3, -0.25) is 9.59 Å². The van der Waals surface area contributed by atoms with Crippen LogP contribution in [0.5, 0.6) is 0 Å². The Labute approximate surface area is 104 Å². The molecule has 1 rings (SSSR count). The van der Waals surface area contributed by atoms with Gasteiger partial charge in [0.1, 0.15) is 5.78 Å². The van der Waals surface area contributed by atoms with Crippen LogP contribution in [0.25, 0.3) is 0 Å². The molecular formula is C15H22O2. The summed E-state index contributed by atoms with van der Waals surface area (Å²) < 4.78 is 0. The molecule has 2 nitrogen and oxygen atoms in total. The number of Topliss-reactive ketones (excluding diaryl/α,β-unsaturated/α-hetero) is 2. The number of hydrogen-bond donors (Lipinski definition) is 0. The third-order valence-corrected chi connectivity index (χ3v) is 2.79. The Bertz CT molecular complexity index is 359. The van der Waals surface area contributed by atoms with Gasteiger partial charge in [-0.2, -0.15) is 0 Å². The van der Waals surface area contributed by atoms with Crippen LogP contribution in [-0.2, 0) is 9.59 Å². The van der Waals surface area contributed by atoms with Crippen molar-refractivity contribution in [3.8, 4) is 0 Å². The molecule has 0 aromatic heterocycles. The van der Waals surface area contributed by atoms with Gasteiger partial charge in [0.15, 0.2) is 5.78 Å². The summed E-state index contributed by atoms with van der Waals surface area (Å²) in [4.78, 5) is 24.0. The maximum absolute atomic E-state index is 12.0. The van der Waals surface area contributed by atoms with Crippen molar-refractivity contribution in [1.29, 1.82) is 0 Å². The fraction of sp³-hybridized carbons (Fsp3) is 0.600. The van der Waals surface area contributed by atoms with E-state index in [0.29, 0.717) is 30.3 Å². The average Bonchev–Trinajstić information content (AvgIpc) is 2.63. The lowest BCUT2D eigenvalue weighted by Gasteiger charge is -2.14. The zero-order chi connectivity index (χ0) is 13.0. The first-order chi connectivity index (χ1) is 7.91. The second-order valence-corrected chi connectivity index (χ2v) is 5.57. The molecule has 0 spiro atoms. The molecule has 0 N–H and O–H groups in total. The van der Waals surface area contributed by atoms with Gasteiger partial charge in [0.2, 0.25) is 0 Å². The highest BCUT2D eigenvalue weighted by molar-refractivity contribution is 6.04. The molecule has 0 saturated heterocycles. The van der Waals surface area contributed by atoms with E-state index < -0.39 is 0 Å². The monoisotopic (exact) mass is 234 g/mol. The molecule has 0 aromatic rings. The summed E-state index contributed by atoms with van der Waals surface area (Å²) in [5, 5.41) is 0. The molecule has 17 heavy (non-hydrogen) atoms. The molecular weight excluding hydrogens is 212 g/mol. The summed E-state index contributed by atoms with van der Waals surface area (Å²) in [5.41, 5.74) is 0.685. The fourth-order valence-corrected chi connectivity index (χ4v) is 2.04. The zero-order valence-corrected chi connectivity index (χ0v) is 11.2. The Balaban J connectivity index is 2.68. The number of carbonyl (C=O) groups is 2. The van der Waals surface area contributed by atoms with Gasteiger partial charge >= 0.3 is 0 Å². The zero-order valence-electron chi connectivity index (χ0n) is 11.2. The maximum Gasteiger partial charge on any atom is 0.160 e. The molecule has 0 amide bonds. The van der Waals surface area contributed by atoms with Gasteiger partial charge < -0.3 is 0 Å². The molecule has 0 aromatic carbocycles. The number of carbonyl (C=O) groups excluding carboxylic acids is 2. The predicted molar refractivity (Wildman–Crippen MR) is 69.6 cm³/mol. The maximum atomic E-state index is 12.0. The number of hydrogen-bond acceptors (Lipinski definition) is 2. The van der Waals surface area contributed by atoms with Crippen LogP contribution in [0.4, 0.5) is 0 Å². The third-order valence-electron chi connectivity index (χ3n) is 2.79. The normalized spacial score (nSPS) is 18.9. The van der Waals surface area contributed by atoms with Crippen molar-refractivity contribution in [3.05, 3.63) is 23.8 Å². The second-order valence-electron chi connectivity index (χ2n) is 5.57. The van der Waals surface area contributed by atoms with E-state index in [0.717, 1.165) is 0 Å². The van der Waals surface area contributed by atoms with Crippen LogP contribution in [0.15, 0.2) is 23.8 Å². The number of allylic oxidation sites excluding steroid dienone is 4. The Hall–Kier alpha value is -1.18. The van der Waals surface area contributed by atoms with Crippen molar-refractivity contribution < 1.29 is 9.59 Å². The Kier molecular flexibility index (Phi) is 4.86. The molecule has 94 valence electrons. The highest BCUT2D eigenvalue weighted by Crippen LogP contribution is 2.25. The lowest BCUT2D eigenvalue weighted by atomic mass is 9.88. The fourth-order valence-electron chi connectivity index (χ4n) is 2.04. The van der Waals surface area contributed by atoms with Crippen LogP contribution in [0.2, 0.25) is 0 Å². The van der Waals surface area contributed by atoms with Crippen LogP contribution in [-0.4, -0.2) is 11.6 Å². The Morgan fingerprint density at radius 1 is 1.12 bits per heavy atom. The molecule has 0 radical (unpaired) electrons. The summed E-state index contributed by atoms with van der Waals surface area (Å²) in [6.07, 6.45) is 6.54. The van der Waals surface area contributed by atoms with E-state index in [1.165, 1.54) is 0 Å². The van der Waals surface area contributed by atoms with Gasteiger partial charge in [-0.15, -0.1) is 0 Å². The first-order valence-electron chi connectivity index (χ1n) is 6.36. The molecule has 1 aliphatic carbocycles. The topological polar surface area (TPSA) is 34.1 Å². The molecule has 1 unspecified atom stereocenters. The van der Waals surface area contributed by atoms with E-state index in [4.69, 9.17) is 0 Å². The van der Waals surface area contributed by atoms with Crippen molar-refractivity contribution in [2.24, 2.45) is 17.8 Å². The van der Waals surface area contributed by atoms with Crippen LogP contribution in [0, 0.1) is 17.8 Å². The van der Waals surface area contributed by atoms with Crippen molar-refractivity contribution in [1.82, 2.24) is 0 Å². The minimum Gasteiger partial charge on any atom is -0.299 e. The number of ketones is 2. The molecule has 0 saturated carbocycles. The van der Waals surface area contributed by atoms with E-state index in [1.54, 1.807) is 6.08 Å². The van der Waals surface area contributed by atoms with Crippen LogP contribution in [0.3, 0.4) is 0 Å². The van der Waals surface area contributed by atoms with E-state index >= 15 is 0 Å². The lowest BCUT2D eigenvalue weighted by molar-refractivity contribution is -0.123. The van der Waals surface area contributed by atoms with Gasteiger partial charge in [0.25, 0.3) is 0 Å². The van der Waals surface area contributed by atoms with Gasteiger partial charge in [-0.25, -0.2) is 0 Å². The molecule has 0 bridgehead atoms. The molecule has 1 atom stereocenters. The van der Waals surface area contributed by atoms with Crippen molar-refractivity contribution in [2.45, 2.75) is 40.5 Å². The molecule has 0 heterocycles. The standard InChI is InChI=1S/C15H22O2/c1-10(2)8-14(16)12-6-5-7-13(12)15(17)9-11(3)4/h5-7,10-12H,8-9H2,1-4H3. The van der Waals surface area contributed by atoms with E-state index in [-0.39, 0.29) is 17.5 Å². The van der Waals surface area contributed by atoms with Crippen molar-refractivity contribution in [3.63, 3.8) is 0 Å². The quantitative estimate of drug-likeness (QED) is 0.706. The Morgan fingerprint density at radius 3 is 2.24 bits per heavy atom. The summed E-state index contributed by atoms with van der Waals surface area (Å²) in [7, 11) is 0. The van der Waals surface area contributed by atoms with E-state index in [9.17, 15) is 9.59 Å². The lowest BCUT2D eigenvalue weighted by Crippen LogP contribution is -2.20. The molecule has 2 heteroatoms. The van der Waals surface area contributed by atoms with Crippen LogP contribution in [0.1, 0.15) is 40.5 Å². The highest BCUT2D eigenvalue weighted by atomic mass is 16.1. The summed E-state index contributed by atoms with van der Waals surface area (Å²) in [6.45, 7) is 8.09. The van der Waals surface area contributed by atoms with Crippen LogP contribution >= 0.6 is 0 Å². The first-order valence-corrected chi connectivity index (χ1v) is 6.36. The summed E-state index contributed by atoms with van der Waals surface area (Å²) in [6, 6.07) is 0. The Morgan fingerprint density at radius 2 is 1.71 bits per heavy atom. The van der Waals surface area contributed by atoms with E-state index in [1.807, 2.05) is 39.8 Å². The molecule has 0 aliphatic heterocycles. The summed E-state index contributed by atoms with van der Waals surface area (Å²) >= 11 is 0. The van der Waals surface area contributed by atoms with Crippen molar-refractivity contribution >= 4 is 11.6 Å². The van der Waals surface area contributed by atoms with Gasteiger partial charge in [0.05, 0.1) is 5.92 Å². The smallest absolute Gasteiger partial charge is 0.160 e. The minimum absolute atomic E-state index is 0.118. The largest absolute Gasteiger partial charge is 0.299 e. The first kappa shape index (κ1) is 13.9. The van der Waals surface area contributed by atoms with E-state index in [2.05, 4.69) is 0 Å². The second kappa shape index (κ2) is 5.95. The molecule has 0 fully saturated rings. The third kappa shape index (κ3) is 3.95. The average molecular weight is 234 g/mol. The predicted octanol–water partition coefficient (Wildman–Crippen LogP) is 3.33. The van der Waals surface area contributed by atoms with Crippen molar-refractivity contribution in [2.75, 3.05) is 0 Å².